The Balaban J connectivity index is 0.00000132. The van der Waals surface area contributed by atoms with Crippen molar-refractivity contribution in [2.24, 2.45) is 5.73 Å². The van der Waals surface area contributed by atoms with E-state index in [0.717, 1.165) is 33.9 Å². The van der Waals surface area contributed by atoms with E-state index in [4.69, 9.17) is 5.73 Å². The molecule has 3 rings (SSSR count). The zero-order chi connectivity index (χ0) is 14.8. The van der Waals surface area contributed by atoms with Crippen molar-refractivity contribution in [1.29, 1.82) is 0 Å². The first-order valence-electron chi connectivity index (χ1n) is 6.89. The van der Waals surface area contributed by atoms with E-state index in [9.17, 15) is 4.79 Å². The minimum atomic E-state index is -0.0961. The fourth-order valence-electron chi connectivity index (χ4n) is 2.45. The number of benzene rings is 1. The lowest BCUT2D eigenvalue weighted by molar-refractivity contribution is 0.102. The van der Waals surface area contributed by atoms with Crippen molar-refractivity contribution in [3.8, 4) is 0 Å². The van der Waals surface area contributed by atoms with Crippen LogP contribution in [0.4, 0.5) is 5.69 Å². The molecule has 3 N–H and O–H groups in total. The molecule has 7 heteroatoms. The molecule has 1 aromatic heterocycles. The summed E-state index contributed by atoms with van der Waals surface area (Å²) in [6, 6.07) is 7.64. The summed E-state index contributed by atoms with van der Waals surface area (Å²) in [4.78, 5) is 17.5. The smallest absolute Gasteiger partial charge is 0.255 e. The van der Waals surface area contributed by atoms with E-state index in [1.54, 1.807) is 36.3 Å². The largest absolute Gasteiger partial charge is 0.324 e. The number of aryl methyl sites for hydroxylation is 1. The Labute approximate surface area is 152 Å². The Bertz CT molecular complexity index is 683. The summed E-state index contributed by atoms with van der Waals surface area (Å²) in [6.07, 6.45) is 4.30. The molecule has 2 aromatic rings. The van der Waals surface area contributed by atoms with E-state index < -0.39 is 0 Å². The van der Waals surface area contributed by atoms with E-state index in [0.29, 0.717) is 5.56 Å². The first kappa shape index (κ1) is 19.8. The van der Waals surface area contributed by atoms with Crippen molar-refractivity contribution in [3.05, 3.63) is 53.3 Å². The molecule has 23 heavy (non-hydrogen) atoms. The van der Waals surface area contributed by atoms with Crippen LogP contribution in [0.15, 0.2) is 41.6 Å². The van der Waals surface area contributed by atoms with Gasteiger partial charge in [-0.25, -0.2) is 0 Å². The van der Waals surface area contributed by atoms with Gasteiger partial charge in [-0.3, -0.25) is 9.78 Å². The van der Waals surface area contributed by atoms with Crippen molar-refractivity contribution in [3.63, 3.8) is 0 Å². The van der Waals surface area contributed by atoms with Crippen LogP contribution in [0.1, 0.15) is 33.9 Å². The van der Waals surface area contributed by atoms with Gasteiger partial charge in [0.25, 0.3) is 5.91 Å². The lowest BCUT2D eigenvalue weighted by Crippen LogP contribution is -2.19. The predicted molar refractivity (Wildman–Crippen MR) is 100 cm³/mol. The second-order valence-electron chi connectivity index (χ2n) is 5.14. The summed E-state index contributed by atoms with van der Waals surface area (Å²) in [5.41, 5.74) is 9.71. The first-order chi connectivity index (χ1) is 10.1. The summed E-state index contributed by atoms with van der Waals surface area (Å²) in [5, 5.41) is 2.90. The molecule has 1 aromatic carbocycles. The van der Waals surface area contributed by atoms with Gasteiger partial charge < -0.3 is 11.1 Å². The summed E-state index contributed by atoms with van der Waals surface area (Å²) < 4.78 is 0. The molecule has 1 aliphatic heterocycles. The van der Waals surface area contributed by atoms with Gasteiger partial charge in [-0.15, -0.1) is 36.6 Å². The molecule has 1 amide bonds. The van der Waals surface area contributed by atoms with Gasteiger partial charge in [-0.05, 0) is 48.4 Å². The number of pyridine rings is 1. The number of halogens is 2. The van der Waals surface area contributed by atoms with Crippen LogP contribution in [0.25, 0.3) is 0 Å². The number of rotatable bonds is 2. The van der Waals surface area contributed by atoms with Crippen molar-refractivity contribution in [2.45, 2.75) is 24.3 Å². The number of anilines is 1. The van der Waals surface area contributed by atoms with E-state index >= 15 is 0 Å². The highest BCUT2D eigenvalue weighted by atomic mass is 35.5. The number of carbonyl (C=O) groups excluding carboxylic acids is 1. The number of amides is 1. The van der Waals surface area contributed by atoms with Crippen molar-refractivity contribution >= 4 is 48.2 Å². The van der Waals surface area contributed by atoms with Gasteiger partial charge >= 0.3 is 0 Å². The molecule has 0 fully saturated rings. The van der Waals surface area contributed by atoms with E-state index in [2.05, 4.69) is 10.3 Å². The van der Waals surface area contributed by atoms with Crippen LogP contribution >= 0.6 is 36.6 Å². The predicted octanol–water partition coefficient (Wildman–Crippen LogP) is 3.98. The van der Waals surface area contributed by atoms with Crippen LogP contribution in [0.3, 0.4) is 0 Å². The standard InChI is InChI=1S/C16H17N3OS.2ClH/c1-10-8-13-14(17)4-7-21-15(13)9-12(10)16(20)19-11-2-5-18-6-3-11;;/h2-3,5-6,8-9,14H,4,7,17H2,1H3,(H,18,19,20);2*1H. The molecule has 0 radical (unpaired) electrons. The lowest BCUT2D eigenvalue weighted by atomic mass is 9.98. The normalized spacial score (nSPS) is 15.7. The SMILES string of the molecule is Cc1cc2c(cc1C(=O)Nc1ccncc1)SCCC2N.Cl.Cl. The highest BCUT2D eigenvalue weighted by molar-refractivity contribution is 7.99. The summed E-state index contributed by atoms with van der Waals surface area (Å²) in [7, 11) is 0. The highest BCUT2D eigenvalue weighted by Gasteiger charge is 2.21. The molecular formula is C16H19Cl2N3OS. The minimum absolute atomic E-state index is 0. The molecule has 1 unspecified atom stereocenters. The van der Waals surface area contributed by atoms with Gasteiger partial charge in [-0.1, -0.05) is 6.07 Å². The molecule has 124 valence electrons. The number of nitrogens with two attached hydrogens (primary N) is 1. The van der Waals surface area contributed by atoms with E-state index in [1.165, 1.54) is 0 Å². The second kappa shape index (κ2) is 8.55. The Hall–Kier alpha value is -1.27. The maximum atomic E-state index is 12.4. The number of hydrogen-bond donors (Lipinski definition) is 2. The zero-order valence-corrected chi connectivity index (χ0v) is 15.1. The van der Waals surface area contributed by atoms with Crippen LogP contribution in [-0.2, 0) is 0 Å². The molecule has 0 bridgehead atoms. The number of nitrogens with zero attached hydrogens (tertiary/aromatic N) is 1. The quantitative estimate of drug-likeness (QED) is 0.837. The fraction of sp³-hybridized carbons (Fsp3) is 0.250. The number of aromatic nitrogens is 1. The third kappa shape index (κ3) is 4.38. The number of nitrogens with one attached hydrogen (secondary N) is 1. The van der Waals surface area contributed by atoms with Gasteiger partial charge in [0.1, 0.15) is 0 Å². The molecule has 0 saturated carbocycles. The summed E-state index contributed by atoms with van der Waals surface area (Å²) in [5.74, 6) is 0.907. The maximum absolute atomic E-state index is 12.4. The molecule has 2 heterocycles. The molecule has 1 aliphatic rings. The van der Waals surface area contributed by atoms with Crippen molar-refractivity contribution < 1.29 is 4.79 Å². The summed E-state index contributed by atoms with van der Waals surface area (Å²) >= 11 is 1.77. The number of fused-ring (bicyclic) bond motifs is 1. The highest BCUT2D eigenvalue weighted by Crippen LogP contribution is 2.36. The van der Waals surface area contributed by atoms with Crippen molar-refractivity contribution in [2.75, 3.05) is 11.1 Å². The monoisotopic (exact) mass is 371 g/mol. The van der Waals surface area contributed by atoms with Crippen LogP contribution in [0.2, 0.25) is 0 Å². The lowest BCUT2D eigenvalue weighted by Gasteiger charge is -2.23. The van der Waals surface area contributed by atoms with Crippen LogP contribution < -0.4 is 11.1 Å². The van der Waals surface area contributed by atoms with Gasteiger partial charge in [0.05, 0.1) is 0 Å². The van der Waals surface area contributed by atoms with E-state index in [-0.39, 0.29) is 36.8 Å². The molecule has 4 nitrogen and oxygen atoms in total. The summed E-state index contributed by atoms with van der Waals surface area (Å²) in [6.45, 7) is 1.95. The zero-order valence-electron chi connectivity index (χ0n) is 12.6. The Kier molecular flexibility index (Phi) is 7.35. The van der Waals surface area contributed by atoms with Crippen molar-refractivity contribution in [1.82, 2.24) is 4.98 Å². The fourth-order valence-corrected chi connectivity index (χ4v) is 3.62. The van der Waals surface area contributed by atoms with Gasteiger partial charge in [-0.2, -0.15) is 0 Å². The average molecular weight is 372 g/mol. The molecule has 1 atom stereocenters. The third-order valence-corrected chi connectivity index (χ3v) is 4.73. The minimum Gasteiger partial charge on any atom is -0.324 e. The second-order valence-corrected chi connectivity index (χ2v) is 6.28. The topological polar surface area (TPSA) is 68.0 Å². The Morgan fingerprint density at radius 3 is 2.70 bits per heavy atom. The average Bonchev–Trinajstić information content (AvgIpc) is 2.48. The first-order valence-corrected chi connectivity index (χ1v) is 7.88. The Morgan fingerprint density at radius 1 is 1.30 bits per heavy atom. The number of thioether (sulfide) groups is 1. The third-order valence-electron chi connectivity index (χ3n) is 3.63. The molecule has 0 aliphatic carbocycles. The number of hydrogen-bond acceptors (Lipinski definition) is 4. The molecule has 0 spiro atoms. The maximum Gasteiger partial charge on any atom is 0.255 e. The van der Waals surface area contributed by atoms with Gasteiger partial charge in [0, 0.05) is 34.6 Å². The Morgan fingerprint density at radius 2 is 2.00 bits per heavy atom. The van der Waals surface area contributed by atoms with E-state index in [1.807, 2.05) is 19.1 Å². The van der Waals surface area contributed by atoms with Crippen LogP contribution in [-0.4, -0.2) is 16.6 Å². The molecular weight excluding hydrogens is 353 g/mol. The van der Waals surface area contributed by atoms with Crippen LogP contribution in [0, 0.1) is 6.92 Å². The van der Waals surface area contributed by atoms with Crippen LogP contribution in [0.5, 0.6) is 0 Å². The molecule has 0 saturated heterocycles. The van der Waals surface area contributed by atoms with Gasteiger partial charge in [0.2, 0.25) is 0 Å². The van der Waals surface area contributed by atoms with Gasteiger partial charge in [0.15, 0.2) is 0 Å². The number of carbonyl (C=O) groups is 1.